The molecule has 0 amide bonds. The van der Waals surface area contributed by atoms with Crippen molar-refractivity contribution in [2.75, 3.05) is 29.9 Å². The molecule has 2 fully saturated rings. The fourth-order valence-corrected chi connectivity index (χ4v) is 3.57. The Morgan fingerprint density at radius 2 is 1.95 bits per heavy atom. The lowest BCUT2D eigenvalue weighted by molar-refractivity contribution is 0.494. The highest BCUT2D eigenvalue weighted by Gasteiger charge is 2.36. The highest BCUT2D eigenvalue weighted by Crippen LogP contribution is 2.39. The van der Waals surface area contributed by atoms with Crippen LogP contribution in [0.15, 0.2) is 6.07 Å². The molecule has 2 aliphatic rings. The second-order valence-corrected chi connectivity index (χ2v) is 6.51. The SMILES string of the molecule is CCNc1cc(N2CC3CCCC3C2)nc(C(C)C)n1. The molecule has 2 atom stereocenters. The van der Waals surface area contributed by atoms with Crippen LogP contribution in [0.2, 0.25) is 0 Å². The number of nitrogens with zero attached hydrogens (tertiary/aromatic N) is 3. The van der Waals surface area contributed by atoms with Gasteiger partial charge in [0.15, 0.2) is 0 Å². The smallest absolute Gasteiger partial charge is 0.135 e. The van der Waals surface area contributed by atoms with Gasteiger partial charge in [-0.05, 0) is 31.6 Å². The van der Waals surface area contributed by atoms with Gasteiger partial charge in [-0.25, -0.2) is 9.97 Å². The molecule has 1 N–H and O–H groups in total. The van der Waals surface area contributed by atoms with E-state index in [1.807, 2.05) is 0 Å². The molecule has 1 aromatic rings. The molecule has 0 spiro atoms. The number of anilines is 2. The first kappa shape index (κ1) is 13.7. The highest BCUT2D eigenvalue weighted by atomic mass is 15.2. The lowest BCUT2D eigenvalue weighted by Crippen LogP contribution is -2.23. The zero-order valence-corrected chi connectivity index (χ0v) is 12.9. The summed E-state index contributed by atoms with van der Waals surface area (Å²) in [6.07, 6.45) is 4.24. The van der Waals surface area contributed by atoms with Crippen molar-refractivity contribution in [3.63, 3.8) is 0 Å². The van der Waals surface area contributed by atoms with E-state index in [2.05, 4.69) is 42.0 Å². The normalized spacial score (nSPS) is 25.3. The van der Waals surface area contributed by atoms with E-state index in [4.69, 9.17) is 4.98 Å². The van der Waals surface area contributed by atoms with Crippen LogP contribution in [-0.2, 0) is 0 Å². The fourth-order valence-electron chi connectivity index (χ4n) is 3.57. The van der Waals surface area contributed by atoms with Crippen LogP contribution in [0.1, 0.15) is 51.8 Å². The average molecular weight is 274 g/mol. The van der Waals surface area contributed by atoms with Crippen LogP contribution >= 0.6 is 0 Å². The van der Waals surface area contributed by atoms with Gasteiger partial charge < -0.3 is 10.2 Å². The molecule has 4 nitrogen and oxygen atoms in total. The summed E-state index contributed by atoms with van der Waals surface area (Å²) >= 11 is 0. The van der Waals surface area contributed by atoms with Gasteiger partial charge in [-0.2, -0.15) is 0 Å². The van der Waals surface area contributed by atoms with Gasteiger partial charge in [0.25, 0.3) is 0 Å². The lowest BCUT2D eigenvalue weighted by atomic mass is 10.0. The molecule has 0 bridgehead atoms. The lowest BCUT2D eigenvalue weighted by Gasteiger charge is -2.20. The fraction of sp³-hybridized carbons (Fsp3) is 0.750. The van der Waals surface area contributed by atoms with Crippen molar-refractivity contribution >= 4 is 11.6 Å². The molecule has 4 heteroatoms. The molecule has 0 aromatic carbocycles. The number of nitrogens with one attached hydrogen (secondary N) is 1. The molecule has 20 heavy (non-hydrogen) atoms. The summed E-state index contributed by atoms with van der Waals surface area (Å²) in [6, 6.07) is 2.12. The van der Waals surface area contributed by atoms with Crippen LogP contribution < -0.4 is 10.2 Å². The van der Waals surface area contributed by atoms with Gasteiger partial charge in [-0.15, -0.1) is 0 Å². The molecule has 3 rings (SSSR count). The standard InChI is InChI=1S/C16H26N4/c1-4-17-14-8-15(19-16(18-14)11(2)3)20-9-12-6-5-7-13(12)10-20/h8,11-13H,4-7,9-10H2,1-3H3,(H,17,18,19). The van der Waals surface area contributed by atoms with E-state index < -0.39 is 0 Å². The van der Waals surface area contributed by atoms with Gasteiger partial charge in [0.05, 0.1) is 0 Å². The van der Waals surface area contributed by atoms with Crippen molar-refractivity contribution in [2.45, 2.75) is 46.0 Å². The zero-order chi connectivity index (χ0) is 14.1. The van der Waals surface area contributed by atoms with E-state index in [1.54, 1.807) is 0 Å². The summed E-state index contributed by atoms with van der Waals surface area (Å²) in [5.41, 5.74) is 0. The summed E-state index contributed by atoms with van der Waals surface area (Å²) < 4.78 is 0. The predicted molar refractivity (Wildman–Crippen MR) is 83.3 cm³/mol. The molecule has 110 valence electrons. The number of aromatic nitrogens is 2. The molecule has 1 aliphatic heterocycles. The summed E-state index contributed by atoms with van der Waals surface area (Å²) in [6.45, 7) is 9.70. The summed E-state index contributed by atoms with van der Waals surface area (Å²) in [5.74, 6) is 5.21. The molecular weight excluding hydrogens is 248 g/mol. The van der Waals surface area contributed by atoms with E-state index in [-0.39, 0.29) is 0 Å². The van der Waals surface area contributed by atoms with Gasteiger partial charge in [-0.3, -0.25) is 0 Å². The van der Waals surface area contributed by atoms with E-state index in [0.29, 0.717) is 5.92 Å². The maximum atomic E-state index is 4.80. The second kappa shape index (κ2) is 5.58. The Labute approximate surface area is 122 Å². The zero-order valence-electron chi connectivity index (χ0n) is 12.9. The van der Waals surface area contributed by atoms with Crippen LogP contribution in [0.25, 0.3) is 0 Å². The molecular formula is C16H26N4. The molecule has 0 radical (unpaired) electrons. The number of fused-ring (bicyclic) bond motifs is 1. The van der Waals surface area contributed by atoms with E-state index in [9.17, 15) is 0 Å². The Bertz CT molecular complexity index is 460. The van der Waals surface area contributed by atoms with Crippen LogP contribution in [0.4, 0.5) is 11.6 Å². The van der Waals surface area contributed by atoms with E-state index in [0.717, 1.165) is 35.8 Å². The largest absolute Gasteiger partial charge is 0.370 e. The summed E-state index contributed by atoms with van der Waals surface area (Å²) in [5, 5.41) is 3.34. The van der Waals surface area contributed by atoms with Crippen molar-refractivity contribution in [1.82, 2.24) is 9.97 Å². The Balaban J connectivity index is 1.84. The second-order valence-electron chi connectivity index (χ2n) is 6.51. The Kier molecular flexibility index (Phi) is 3.81. The van der Waals surface area contributed by atoms with Gasteiger partial charge in [0, 0.05) is 31.6 Å². The average Bonchev–Trinajstić information content (AvgIpc) is 2.99. The Morgan fingerprint density at radius 1 is 1.25 bits per heavy atom. The molecule has 1 saturated carbocycles. The van der Waals surface area contributed by atoms with Crippen molar-refractivity contribution in [2.24, 2.45) is 11.8 Å². The highest BCUT2D eigenvalue weighted by molar-refractivity contribution is 5.50. The number of hydrogen-bond donors (Lipinski definition) is 1. The quantitative estimate of drug-likeness (QED) is 0.915. The molecule has 2 heterocycles. The minimum atomic E-state index is 0.370. The van der Waals surface area contributed by atoms with E-state index in [1.165, 1.54) is 32.4 Å². The van der Waals surface area contributed by atoms with Gasteiger partial charge in [0.1, 0.15) is 17.5 Å². The summed E-state index contributed by atoms with van der Waals surface area (Å²) in [7, 11) is 0. The maximum absolute atomic E-state index is 4.80. The first-order valence-corrected chi connectivity index (χ1v) is 8.05. The predicted octanol–water partition coefficient (Wildman–Crippen LogP) is 3.27. The summed E-state index contributed by atoms with van der Waals surface area (Å²) in [4.78, 5) is 11.9. The van der Waals surface area contributed by atoms with Gasteiger partial charge in [0.2, 0.25) is 0 Å². The minimum Gasteiger partial charge on any atom is -0.370 e. The number of rotatable bonds is 4. The van der Waals surface area contributed by atoms with Gasteiger partial charge in [-0.1, -0.05) is 20.3 Å². The van der Waals surface area contributed by atoms with Crippen LogP contribution in [-0.4, -0.2) is 29.6 Å². The topological polar surface area (TPSA) is 41.0 Å². The van der Waals surface area contributed by atoms with Crippen molar-refractivity contribution < 1.29 is 0 Å². The number of hydrogen-bond acceptors (Lipinski definition) is 4. The maximum Gasteiger partial charge on any atom is 0.135 e. The third kappa shape index (κ3) is 2.60. The van der Waals surface area contributed by atoms with Crippen LogP contribution in [0.3, 0.4) is 0 Å². The third-order valence-corrected chi connectivity index (χ3v) is 4.65. The van der Waals surface area contributed by atoms with Crippen molar-refractivity contribution in [3.8, 4) is 0 Å². The Hall–Kier alpha value is -1.32. The van der Waals surface area contributed by atoms with Crippen LogP contribution in [0.5, 0.6) is 0 Å². The Morgan fingerprint density at radius 3 is 2.55 bits per heavy atom. The first-order valence-electron chi connectivity index (χ1n) is 8.05. The third-order valence-electron chi connectivity index (χ3n) is 4.65. The van der Waals surface area contributed by atoms with Crippen molar-refractivity contribution in [1.29, 1.82) is 0 Å². The molecule has 1 aliphatic carbocycles. The van der Waals surface area contributed by atoms with Crippen molar-refractivity contribution in [3.05, 3.63) is 11.9 Å². The van der Waals surface area contributed by atoms with Gasteiger partial charge >= 0.3 is 0 Å². The minimum absolute atomic E-state index is 0.370. The van der Waals surface area contributed by atoms with Crippen LogP contribution in [0, 0.1) is 11.8 Å². The molecule has 1 saturated heterocycles. The monoisotopic (exact) mass is 274 g/mol. The first-order chi connectivity index (χ1) is 9.67. The molecule has 1 aromatic heterocycles. The molecule has 2 unspecified atom stereocenters. The van der Waals surface area contributed by atoms with E-state index >= 15 is 0 Å².